The average molecular weight is 285 g/mol. The third kappa shape index (κ3) is 2.96. The SMILES string of the molecule is CCCN(C(=O)C1OCCC1C)C1COCC1C(=O)O. The van der Waals surface area contributed by atoms with E-state index in [4.69, 9.17) is 9.47 Å². The van der Waals surface area contributed by atoms with Gasteiger partial charge in [-0.2, -0.15) is 0 Å². The topological polar surface area (TPSA) is 76.1 Å². The molecule has 0 radical (unpaired) electrons. The summed E-state index contributed by atoms with van der Waals surface area (Å²) in [5.41, 5.74) is 0. The molecule has 1 amide bonds. The first-order chi connectivity index (χ1) is 9.56. The summed E-state index contributed by atoms with van der Waals surface area (Å²) in [5.74, 6) is -1.44. The van der Waals surface area contributed by atoms with Crippen LogP contribution in [0.15, 0.2) is 0 Å². The molecule has 2 aliphatic rings. The Labute approximate surface area is 119 Å². The van der Waals surface area contributed by atoms with Crippen molar-refractivity contribution in [3.63, 3.8) is 0 Å². The Balaban J connectivity index is 2.13. The van der Waals surface area contributed by atoms with Crippen molar-refractivity contribution in [1.82, 2.24) is 4.90 Å². The Kier molecular flexibility index (Phi) is 4.99. The number of amides is 1. The first-order valence-electron chi connectivity index (χ1n) is 7.28. The van der Waals surface area contributed by atoms with Crippen LogP contribution in [0.4, 0.5) is 0 Å². The molecule has 0 aliphatic carbocycles. The van der Waals surface area contributed by atoms with Gasteiger partial charge >= 0.3 is 5.97 Å². The summed E-state index contributed by atoms with van der Waals surface area (Å²) in [5, 5.41) is 9.25. The van der Waals surface area contributed by atoms with Gasteiger partial charge in [-0.05, 0) is 18.8 Å². The summed E-state index contributed by atoms with van der Waals surface area (Å²) in [4.78, 5) is 25.6. The predicted molar refractivity (Wildman–Crippen MR) is 71.3 cm³/mol. The molecule has 0 aromatic heterocycles. The zero-order chi connectivity index (χ0) is 14.7. The second kappa shape index (κ2) is 6.54. The fourth-order valence-corrected chi connectivity index (χ4v) is 2.94. The van der Waals surface area contributed by atoms with Crippen LogP contribution in [0.3, 0.4) is 0 Å². The molecule has 6 heteroatoms. The molecule has 2 rings (SSSR count). The van der Waals surface area contributed by atoms with E-state index >= 15 is 0 Å². The van der Waals surface area contributed by atoms with E-state index in [0.717, 1.165) is 12.8 Å². The number of rotatable bonds is 5. The number of ether oxygens (including phenoxy) is 2. The van der Waals surface area contributed by atoms with Crippen molar-refractivity contribution in [2.45, 2.75) is 38.8 Å². The van der Waals surface area contributed by atoms with Gasteiger partial charge < -0.3 is 19.5 Å². The van der Waals surface area contributed by atoms with Crippen LogP contribution in [0.2, 0.25) is 0 Å². The van der Waals surface area contributed by atoms with Crippen LogP contribution >= 0.6 is 0 Å². The van der Waals surface area contributed by atoms with Crippen molar-refractivity contribution in [3.05, 3.63) is 0 Å². The fraction of sp³-hybridized carbons (Fsp3) is 0.857. The summed E-state index contributed by atoms with van der Waals surface area (Å²) in [6, 6.07) is -0.378. The monoisotopic (exact) mass is 285 g/mol. The van der Waals surface area contributed by atoms with E-state index in [1.807, 2.05) is 13.8 Å². The normalized spacial score (nSPS) is 33.3. The molecule has 1 N–H and O–H groups in total. The van der Waals surface area contributed by atoms with E-state index in [1.165, 1.54) is 0 Å². The van der Waals surface area contributed by atoms with Gasteiger partial charge in [0.25, 0.3) is 5.91 Å². The molecule has 0 aromatic carbocycles. The molecule has 0 spiro atoms. The molecule has 0 bridgehead atoms. The van der Waals surface area contributed by atoms with E-state index in [2.05, 4.69) is 0 Å². The lowest BCUT2D eigenvalue weighted by Gasteiger charge is -2.32. The highest BCUT2D eigenvalue weighted by atomic mass is 16.5. The second-order valence-electron chi connectivity index (χ2n) is 5.64. The molecule has 2 aliphatic heterocycles. The minimum atomic E-state index is -0.901. The van der Waals surface area contributed by atoms with Gasteiger partial charge in [-0.3, -0.25) is 9.59 Å². The molecule has 2 saturated heterocycles. The predicted octanol–water partition coefficient (Wildman–Crippen LogP) is 0.750. The molecule has 0 aromatic rings. The van der Waals surface area contributed by atoms with Crippen LogP contribution in [-0.2, 0) is 19.1 Å². The van der Waals surface area contributed by atoms with E-state index in [-0.39, 0.29) is 24.5 Å². The smallest absolute Gasteiger partial charge is 0.311 e. The van der Waals surface area contributed by atoms with Gasteiger partial charge in [0, 0.05) is 13.2 Å². The summed E-state index contributed by atoms with van der Waals surface area (Å²) < 4.78 is 10.8. The molecule has 6 nitrogen and oxygen atoms in total. The number of nitrogens with zero attached hydrogens (tertiary/aromatic N) is 1. The van der Waals surface area contributed by atoms with Gasteiger partial charge in [-0.1, -0.05) is 13.8 Å². The van der Waals surface area contributed by atoms with Gasteiger partial charge in [0.05, 0.1) is 19.3 Å². The molecular weight excluding hydrogens is 262 g/mol. The van der Waals surface area contributed by atoms with Crippen LogP contribution in [0, 0.1) is 11.8 Å². The van der Waals surface area contributed by atoms with E-state index in [0.29, 0.717) is 19.8 Å². The van der Waals surface area contributed by atoms with E-state index < -0.39 is 18.0 Å². The maximum absolute atomic E-state index is 12.7. The Bertz CT molecular complexity index is 373. The zero-order valence-electron chi connectivity index (χ0n) is 12.1. The number of carboxylic acid groups (broad SMARTS) is 1. The second-order valence-corrected chi connectivity index (χ2v) is 5.64. The van der Waals surface area contributed by atoms with Gasteiger partial charge in [-0.25, -0.2) is 0 Å². The first kappa shape index (κ1) is 15.3. The van der Waals surface area contributed by atoms with Gasteiger partial charge in [0.1, 0.15) is 12.0 Å². The summed E-state index contributed by atoms with van der Waals surface area (Å²) in [6.07, 6.45) is 1.23. The van der Waals surface area contributed by atoms with Crippen molar-refractivity contribution in [1.29, 1.82) is 0 Å². The zero-order valence-corrected chi connectivity index (χ0v) is 12.1. The summed E-state index contributed by atoms with van der Waals surface area (Å²) in [7, 11) is 0. The number of carbonyl (C=O) groups excluding carboxylic acids is 1. The Morgan fingerprint density at radius 3 is 2.65 bits per heavy atom. The number of carbonyl (C=O) groups is 2. The molecule has 4 atom stereocenters. The van der Waals surface area contributed by atoms with Crippen molar-refractivity contribution in [2.24, 2.45) is 11.8 Å². The maximum atomic E-state index is 12.7. The highest BCUT2D eigenvalue weighted by Crippen LogP contribution is 2.26. The molecule has 2 fully saturated rings. The highest BCUT2D eigenvalue weighted by Gasteiger charge is 2.43. The number of hydrogen-bond acceptors (Lipinski definition) is 4. The minimum Gasteiger partial charge on any atom is -0.481 e. The Morgan fingerprint density at radius 1 is 1.35 bits per heavy atom. The van der Waals surface area contributed by atoms with E-state index in [9.17, 15) is 14.7 Å². The molecule has 2 heterocycles. The van der Waals surface area contributed by atoms with Gasteiger partial charge in [0.15, 0.2) is 0 Å². The highest BCUT2D eigenvalue weighted by molar-refractivity contribution is 5.83. The van der Waals surface area contributed by atoms with Crippen LogP contribution in [0.5, 0.6) is 0 Å². The average Bonchev–Trinajstić information content (AvgIpc) is 3.03. The Hall–Kier alpha value is -1.14. The lowest BCUT2D eigenvalue weighted by atomic mass is 9.98. The minimum absolute atomic E-state index is 0.0846. The van der Waals surface area contributed by atoms with Crippen molar-refractivity contribution < 1.29 is 24.2 Å². The Morgan fingerprint density at radius 2 is 2.10 bits per heavy atom. The molecule has 114 valence electrons. The van der Waals surface area contributed by atoms with Gasteiger partial charge in [-0.15, -0.1) is 0 Å². The standard InChI is InChI=1S/C14H23NO5/c1-3-5-15(11-8-19-7-10(11)14(17)18)13(16)12-9(2)4-6-20-12/h9-12H,3-8H2,1-2H3,(H,17,18). The summed E-state index contributed by atoms with van der Waals surface area (Å²) in [6.45, 7) is 5.59. The van der Waals surface area contributed by atoms with Crippen molar-refractivity contribution >= 4 is 11.9 Å². The first-order valence-corrected chi connectivity index (χ1v) is 7.28. The van der Waals surface area contributed by atoms with Crippen LogP contribution in [-0.4, -0.2) is 60.4 Å². The fourth-order valence-electron chi connectivity index (χ4n) is 2.94. The van der Waals surface area contributed by atoms with E-state index in [1.54, 1.807) is 4.90 Å². The van der Waals surface area contributed by atoms with Crippen LogP contribution in [0.1, 0.15) is 26.7 Å². The molecule has 4 unspecified atom stereocenters. The van der Waals surface area contributed by atoms with Crippen LogP contribution in [0.25, 0.3) is 0 Å². The molecule has 20 heavy (non-hydrogen) atoms. The number of carboxylic acids is 1. The molecule has 0 saturated carbocycles. The third-order valence-corrected chi connectivity index (χ3v) is 4.15. The lowest BCUT2D eigenvalue weighted by molar-refractivity contribution is -0.149. The maximum Gasteiger partial charge on any atom is 0.311 e. The van der Waals surface area contributed by atoms with Crippen LogP contribution < -0.4 is 0 Å². The van der Waals surface area contributed by atoms with Crippen molar-refractivity contribution in [3.8, 4) is 0 Å². The number of hydrogen-bond donors (Lipinski definition) is 1. The quantitative estimate of drug-likeness (QED) is 0.806. The van der Waals surface area contributed by atoms with Gasteiger partial charge in [0.2, 0.25) is 0 Å². The lowest BCUT2D eigenvalue weighted by Crippen LogP contribution is -2.51. The summed E-state index contributed by atoms with van der Waals surface area (Å²) >= 11 is 0. The largest absolute Gasteiger partial charge is 0.481 e. The third-order valence-electron chi connectivity index (χ3n) is 4.15. The number of aliphatic carboxylic acids is 1. The van der Waals surface area contributed by atoms with Crippen molar-refractivity contribution in [2.75, 3.05) is 26.4 Å². The molecular formula is C14H23NO5.